The highest BCUT2D eigenvalue weighted by Gasteiger charge is 2.11. The number of aromatic nitrogens is 2. The summed E-state index contributed by atoms with van der Waals surface area (Å²) in [4.78, 5) is 32.1. The van der Waals surface area contributed by atoms with Crippen molar-refractivity contribution in [3.8, 4) is 0 Å². The number of nitrogens with zero attached hydrogens (tertiary/aromatic N) is 2. The Balaban J connectivity index is 1.71. The highest BCUT2D eigenvalue weighted by molar-refractivity contribution is 7.08. The van der Waals surface area contributed by atoms with Crippen molar-refractivity contribution >= 4 is 23.2 Å². The third-order valence-corrected chi connectivity index (χ3v) is 3.46. The van der Waals surface area contributed by atoms with Gasteiger partial charge in [0.1, 0.15) is 5.82 Å². The molecule has 0 saturated carbocycles. The SMILES string of the molecule is CN(Cc1ncc[nH]1)C(=O)CCNC(=O)c1ccsc1. The lowest BCUT2D eigenvalue weighted by Crippen LogP contribution is -2.32. The Bertz CT molecular complexity index is 551. The van der Waals surface area contributed by atoms with Gasteiger partial charge in [-0.2, -0.15) is 11.3 Å². The van der Waals surface area contributed by atoms with Gasteiger partial charge in [-0.05, 0) is 11.4 Å². The molecular weight excluding hydrogens is 276 g/mol. The molecule has 6 nitrogen and oxygen atoms in total. The number of thiophene rings is 1. The zero-order chi connectivity index (χ0) is 14.4. The molecule has 0 spiro atoms. The summed E-state index contributed by atoms with van der Waals surface area (Å²) < 4.78 is 0. The normalized spacial score (nSPS) is 10.2. The number of hydrogen-bond donors (Lipinski definition) is 2. The highest BCUT2D eigenvalue weighted by atomic mass is 32.1. The van der Waals surface area contributed by atoms with Crippen molar-refractivity contribution in [2.75, 3.05) is 13.6 Å². The molecular formula is C13H16N4O2S. The fourth-order valence-corrected chi connectivity index (χ4v) is 2.30. The Morgan fingerprint density at radius 1 is 1.50 bits per heavy atom. The third-order valence-electron chi connectivity index (χ3n) is 2.78. The maximum atomic E-state index is 11.9. The van der Waals surface area contributed by atoms with Crippen molar-refractivity contribution in [1.29, 1.82) is 0 Å². The predicted molar refractivity (Wildman–Crippen MR) is 76.3 cm³/mol. The van der Waals surface area contributed by atoms with Crippen LogP contribution in [0.4, 0.5) is 0 Å². The molecule has 2 heterocycles. The summed E-state index contributed by atoms with van der Waals surface area (Å²) in [5.74, 6) is 0.558. The van der Waals surface area contributed by atoms with Crippen molar-refractivity contribution in [3.05, 3.63) is 40.6 Å². The molecule has 0 atom stereocenters. The molecule has 2 aromatic rings. The van der Waals surface area contributed by atoms with Crippen LogP contribution in [0.25, 0.3) is 0 Å². The monoisotopic (exact) mass is 292 g/mol. The van der Waals surface area contributed by atoms with E-state index in [1.54, 1.807) is 35.8 Å². The van der Waals surface area contributed by atoms with Gasteiger partial charge in [0.2, 0.25) is 5.91 Å². The summed E-state index contributed by atoms with van der Waals surface area (Å²) in [7, 11) is 1.71. The maximum Gasteiger partial charge on any atom is 0.252 e. The second-order valence-electron chi connectivity index (χ2n) is 4.30. The molecule has 0 aliphatic rings. The molecule has 0 aliphatic carbocycles. The minimum absolute atomic E-state index is 0.0352. The molecule has 0 aliphatic heterocycles. The van der Waals surface area contributed by atoms with Crippen molar-refractivity contribution in [3.63, 3.8) is 0 Å². The molecule has 20 heavy (non-hydrogen) atoms. The quantitative estimate of drug-likeness (QED) is 0.841. The van der Waals surface area contributed by atoms with Gasteiger partial charge in [-0.3, -0.25) is 9.59 Å². The summed E-state index contributed by atoms with van der Waals surface area (Å²) in [5, 5.41) is 6.35. The third kappa shape index (κ3) is 3.92. The van der Waals surface area contributed by atoms with Crippen molar-refractivity contribution in [2.24, 2.45) is 0 Å². The molecule has 0 fully saturated rings. The molecule has 0 saturated heterocycles. The van der Waals surface area contributed by atoms with E-state index in [4.69, 9.17) is 0 Å². The lowest BCUT2D eigenvalue weighted by Gasteiger charge is -2.15. The fraction of sp³-hybridized carbons (Fsp3) is 0.308. The van der Waals surface area contributed by atoms with E-state index >= 15 is 0 Å². The van der Waals surface area contributed by atoms with E-state index in [1.807, 2.05) is 5.38 Å². The zero-order valence-electron chi connectivity index (χ0n) is 11.1. The van der Waals surface area contributed by atoms with E-state index in [0.29, 0.717) is 18.7 Å². The maximum absolute atomic E-state index is 11.9. The predicted octanol–water partition coefficient (Wildman–Crippen LogP) is 1.25. The first kappa shape index (κ1) is 14.3. The largest absolute Gasteiger partial charge is 0.351 e. The van der Waals surface area contributed by atoms with Crippen molar-refractivity contribution in [1.82, 2.24) is 20.2 Å². The summed E-state index contributed by atoms with van der Waals surface area (Å²) >= 11 is 1.47. The van der Waals surface area contributed by atoms with Gasteiger partial charge in [0.15, 0.2) is 0 Å². The summed E-state index contributed by atoms with van der Waals surface area (Å²) in [6, 6.07) is 1.75. The first-order valence-corrected chi connectivity index (χ1v) is 7.13. The first-order chi connectivity index (χ1) is 9.66. The van der Waals surface area contributed by atoms with Crippen LogP contribution in [0.2, 0.25) is 0 Å². The van der Waals surface area contributed by atoms with Crippen LogP contribution in [0.1, 0.15) is 22.6 Å². The highest BCUT2D eigenvalue weighted by Crippen LogP contribution is 2.05. The molecule has 0 radical (unpaired) electrons. The lowest BCUT2D eigenvalue weighted by atomic mass is 10.3. The first-order valence-electron chi connectivity index (χ1n) is 6.19. The number of hydrogen-bond acceptors (Lipinski definition) is 4. The van der Waals surface area contributed by atoms with E-state index in [1.165, 1.54) is 11.3 Å². The van der Waals surface area contributed by atoms with Crippen LogP contribution in [-0.4, -0.2) is 40.3 Å². The zero-order valence-corrected chi connectivity index (χ0v) is 11.9. The molecule has 2 rings (SSSR count). The van der Waals surface area contributed by atoms with Gasteiger partial charge >= 0.3 is 0 Å². The number of imidazole rings is 1. The Hall–Kier alpha value is -2.15. The van der Waals surface area contributed by atoms with E-state index in [2.05, 4.69) is 15.3 Å². The number of aromatic amines is 1. The molecule has 7 heteroatoms. The number of carbonyl (C=O) groups is 2. The Labute approximate surface area is 120 Å². The van der Waals surface area contributed by atoms with Gasteiger partial charge < -0.3 is 15.2 Å². The second kappa shape index (κ2) is 6.85. The topological polar surface area (TPSA) is 78.1 Å². The Kier molecular flexibility index (Phi) is 4.89. The Morgan fingerprint density at radius 3 is 3.00 bits per heavy atom. The number of rotatable bonds is 6. The summed E-state index contributed by atoms with van der Waals surface area (Å²) in [6.45, 7) is 0.764. The Morgan fingerprint density at radius 2 is 2.35 bits per heavy atom. The van der Waals surface area contributed by atoms with E-state index in [0.717, 1.165) is 5.82 Å². The van der Waals surface area contributed by atoms with Gasteiger partial charge in [0, 0.05) is 43.4 Å². The fourth-order valence-electron chi connectivity index (χ4n) is 1.67. The minimum atomic E-state index is -0.146. The smallest absolute Gasteiger partial charge is 0.252 e. The number of amides is 2. The van der Waals surface area contributed by atoms with Gasteiger partial charge in [0.25, 0.3) is 5.91 Å². The average Bonchev–Trinajstić information content (AvgIpc) is 3.11. The van der Waals surface area contributed by atoms with Crippen LogP contribution in [0.5, 0.6) is 0 Å². The van der Waals surface area contributed by atoms with E-state index < -0.39 is 0 Å². The summed E-state index contributed by atoms with van der Waals surface area (Å²) in [6.07, 6.45) is 3.64. The molecule has 0 unspecified atom stereocenters. The van der Waals surface area contributed by atoms with Gasteiger partial charge in [-0.25, -0.2) is 4.98 Å². The van der Waals surface area contributed by atoms with Crippen LogP contribution in [0.3, 0.4) is 0 Å². The van der Waals surface area contributed by atoms with Crippen LogP contribution >= 0.6 is 11.3 Å². The van der Waals surface area contributed by atoms with Gasteiger partial charge in [-0.15, -0.1) is 0 Å². The van der Waals surface area contributed by atoms with E-state index in [-0.39, 0.29) is 18.2 Å². The van der Waals surface area contributed by atoms with E-state index in [9.17, 15) is 9.59 Å². The molecule has 2 aromatic heterocycles. The molecule has 2 N–H and O–H groups in total. The molecule has 0 aromatic carbocycles. The van der Waals surface area contributed by atoms with Crippen molar-refractivity contribution in [2.45, 2.75) is 13.0 Å². The number of carbonyl (C=O) groups excluding carboxylic acids is 2. The standard InChI is InChI=1S/C13H16N4O2S/c1-17(8-11-14-5-6-15-11)12(18)2-4-16-13(19)10-3-7-20-9-10/h3,5-7,9H,2,4,8H2,1H3,(H,14,15)(H,16,19). The summed E-state index contributed by atoms with van der Waals surface area (Å²) in [5.41, 5.74) is 0.631. The molecule has 0 bridgehead atoms. The minimum Gasteiger partial charge on any atom is -0.351 e. The van der Waals surface area contributed by atoms with Crippen LogP contribution < -0.4 is 5.32 Å². The molecule has 106 valence electrons. The second-order valence-corrected chi connectivity index (χ2v) is 5.08. The van der Waals surface area contributed by atoms with Gasteiger partial charge in [-0.1, -0.05) is 0 Å². The lowest BCUT2D eigenvalue weighted by molar-refractivity contribution is -0.130. The van der Waals surface area contributed by atoms with Crippen molar-refractivity contribution < 1.29 is 9.59 Å². The van der Waals surface area contributed by atoms with Crippen LogP contribution in [0, 0.1) is 0 Å². The van der Waals surface area contributed by atoms with Crippen LogP contribution in [0.15, 0.2) is 29.2 Å². The average molecular weight is 292 g/mol. The number of nitrogens with one attached hydrogen (secondary N) is 2. The van der Waals surface area contributed by atoms with Crippen LogP contribution in [-0.2, 0) is 11.3 Å². The molecule has 2 amide bonds. The van der Waals surface area contributed by atoms with Gasteiger partial charge in [0.05, 0.1) is 6.54 Å². The number of H-pyrrole nitrogens is 1.